The molecule has 6 rings (SSSR count). The first kappa shape index (κ1) is 34.9. The molecule has 0 aromatic carbocycles. The summed E-state index contributed by atoms with van der Waals surface area (Å²) in [5.41, 5.74) is -3.67. The molecule has 5 aliphatic rings. The van der Waals surface area contributed by atoms with Crippen molar-refractivity contribution in [1.82, 2.24) is 0 Å². The van der Waals surface area contributed by atoms with Crippen molar-refractivity contribution in [3.8, 4) is 0 Å². The van der Waals surface area contributed by atoms with Crippen LogP contribution in [0.25, 0.3) is 0 Å². The number of ketones is 1. The molecule has 0 spiro atoms. The van der Waals surface area contributed by atoms with Crippen molar-refractivity contribution in [3.05, 3.63) is 72.1 Å². The fourth-order valence-electron chi connectivity index (χ4n) is 8.34. The van der Waals surface area contributed by atoms with Crippen molar-refractivity contribution in [2.45, 2.75) is 84.7 Å². The summed E-state index contributed by atoms with van der Waals surface area (Å²) in [6.45, 7) is 9.84. The number of halogens is 2. The molecule has 1 aromatic rings. The number of thioether (sulfide) groups is 1. The fraction of sp³-hybridized carbons (Fsp3) is 0.571. The molecule has 9 atom stereocenters. The molecule has 0 amide bonds. The van der Waals surface area contributed by atoms with E-state index in [1.54, 1.807) is 13.2 Å². The number of carboxylic acids is 1. The average molecular weight is 647 g/mol. The lowest BCUT2D eigenvalue weighted by Gasteiger charge is -2.62. The molecule has 2 heterocycles. The van der Waals surface area contributed by atoms with Gasteiger partial charge in [-0.3, -0.25) is 9.59 Å². The number of ether oxygens (including phenoxy) is 1. The molecule has 7 nitrogen and oxygen atoms in total. The fourth-order valence-corrected chi connectivity index (χ4v) is 9.65. The molecular weight excluding hydrogens is 602 g/mol. The number of aromatic carboxylic acids is 1. The molecule has 1 aliphatic heterocycles. The van der Waals surface area contributed by atoms with Crippen molar-refractivity contribution < 1.29 is 42.5 Å². The van der Waals surface area contributed by atoms with Gasteiger partial charge in [-0.15, -0.1) is 0 Å². The topological polar surface area (TPSA) is 114 Å². The van der Waals surface area contributed by atoms with E-state index in [1.165, 1.54) is 48.4 Å². The van der Waals surface area contributed by atoms with E-state index in [4.69, 9.17) is 9.84 Å². The Morgan fingerprint density at radius 3 is 2.53 bits per heavy atom. The highest BCUT2D eigenvalue weighted by molar-refractivity contribution is 8.14. The molecular formula is C35H44F2O7S. The third kappa shape index (κ3) is 6.24. The van der Waals surface area contributed by atoms with Crippen LogP contribution in [0.2, 0.25) is 0 Å². The SMILES string of the molecule is CC.C[C@@H]1CC2C3C[C@H](F)C4=CC(=O)C=CC4(C)[C@@]3(F)C(O)CC2(C)C1CSC(=O)C1=CCCC=CO1.O=C(O)c1ccco1. The van der Waals surface area contributed by atoms with E-state index in [-0.39, 0.29) is 52.8 Å². The highest BCUT2D eigenvalue weighted by Gasteiger charge is 2.72. The predicted molar refractivity (Wildman–Crippen MR) is 169 cm³/mol. The second-order valence-electron chi connectivity index (χ2n) is 12.8. The lowest BCUT2D eigenvalue weighted by molar-refractivity contribution is -0.200. The zero-order chi connectivity index (χ0) is 33.2. The van der Waals surface area contributed by atoms with Crippen LogP contribution in [0, 0.1) is 34.5 Å². The van der Waals surface area contributed by atoms with Gasteiger partial charge >= 0.3 is 5.97 Å². The van der Waals surface area contributed by atoms with E-state index in [0.717, 1.165) is 19.3 Å². The average Bonchev–Trinajstić information content (AvgIpc) is 3.53. The van der Waals surface area contributed by atoms with Crippen LogP contribution in [-0.2, 0) is 14.3 Å². The summed E-state index contributed by atoms with van der Waals surface area (Å²) in [5.74, 6) is -1.00. The summed E-state index contributed by atoms with van der Waals surface area (Å²) in [6.07, 6.45) is 10.4. The Bertz CT molecular complexity index is 1380. The largest absolute Gasteiger partial charge is 0.475 e. The number of hydrogen-bond acceptors (Lipinski definition) is 7. The Morgan fingerprint density at radius 1 is 1.16 bits per heavy atom. The molecule has 2 N–H and O–H groups in total. The molecule has 246 valence electrons. The van der Waals surface area contributed by atoms with Crippen LogP contribution < -0.4 is 0 Å². The number of alkyl halides is 2. The number of furan rings is 1. The zero-order valence-corrected chi connectivity index (χ0v) is 27.3. The van der Waals surface area contributed by atoms with Gasteiger partial charge in [-0.1, -0.05) is 45.5 Å². The van der Waals surface area contributed by atoms with E-state index < -0.39 is 40.7 Å². The zero-order valence-electron chi connectivity index (χ0n) is 26.5. The smallest absolute Gasteiger partial charge is 0.371 e. The van der Waals surface area contributed by atoms with Crippen LogP contribution >= 0.6 is 11.8 Å². The van der Waals surface area contributed by atoms with E-state index in [0.29, 0.717) is 11.5 Å². The highest BCUT2D eigenvalue weighted by atomic mass is 32.2. The molecule has 0 saturated heterocycles. The molecule has 6 unspecified atom stereocenters. The number of carboxylic acid groups (broad SMARTS) is 1. The summed E-state index contributed by atoms with van der Waals surface area (Å²) in [6, 6.07) is 2.92. The van der Waals surface area contributed by atoms with Crippen molar-refractivity contribution in [1.29, 1.82) is 0 Å². The maximum Gasteiger partial charge on any atom is 0.371 e. The van der Waals surface area contributed by atoms with Gasteiger partial charge in [0.2, 0.25) is 5.76 Å². The first-order chi connectivity index (χ1) is 21.3. The van der Waals surface area contributed by atoms with Gasteiger partial charge in [0, 0.05) is 17.1 Å². The lowest BCUT2D eigenvalue weighted by atomic mass is 9.45. The molecule has 0 radical (unpaired) electrons. The number of allylic oxidation sites excluding steroid dienone is 6. The van der Waals surface area contributed by atoms with Crippen LogP contribution in [0.3, 0.4) is 0 Å². The Kier molecular flexibility index (Phi) is 10.7. The molecule has 1 aromatic heterocycles. The van der Waals surface area contributed by atoms with Crippen molar-refractivity contribution in [2.75, 3.05) is 5.75 Å². The van der Waals surface area contributed by atoms with Gasteiger partial charge in [-0.25, -0.2) is 13.6 Å². The molecule has 10 heteroatoms. The van der Waals surface area contributed by atoms with Crippen molar-refractivity contribution in [3.63, 3.8) is 0 Å². The van der Waals surface area contributed by atoms with E-state index in [1.807, 2.05) is 26.0 Å². The van der Waals surface area contributed by atoms with Crippen molar-refractivity contribution >= 4 is 28.6 Å². The number of hydrogen-bond donors (Lipinski definition) is 2. The summed E-state index contributed by atoms with van der Waals surface area (Å²) < 4.78 is 42.6. The second kappa shape index (κ2) is 13.8. The monoisotopic (exact) mass is 646 g/mol. The second-order valence-corrected chi connectivity index (χ2v) is 13.8. The van der Waals surface area contributed by atoms with Gasteiger partial charge in [0.25, 0.3) is 5.12 Å². The Hall–Kier alpha value is -2.98. The molecule has 4 aliphatic carbocycles. The number of rotatable bonds is 4. The molecule has 3 saturated carbocycles. The normalized spacial score (nSPS) is 37.9. The maximum atomic E-state index is 17.2. The summed E-state index contributed by atoms with van der Waals surface area (Å²) in [4.78, 5) is 34.8. The predicted octanol–water partition coefficient (Wildman–Crippen LogP) is 7.64. The maximum absolute atomic E-state index is 17.2. The van der Waals surface area contributed by atoms with Gasteiger partial charge in [0.05, 0.1) is 18.6 Å². The minimum Gasteiger partial charge on any atom is -0.475 e. The third-order valence-corrected chi connectivity index (χ3v) is 11.5. The van der Waals surface area contributed by atoms with Gasteiger partial charge in [0.1, 0.15) is 6.17 Å². The number of carbonyl (C=O) groups is 3. The minimum absolute atomic E-state index is 0.0231. The van der Waals surface area contributed by atoms with Gasteiger partial charge < -0.3 is 19.4 Å². The molecule has 3 fully saturated rings. The first-order valence-electron chi connectivity index (χ1n) is 15.7. The van der Waals surface area contributed by atoms with E-state index in [9.17, 15) is 19.5 Å². The molecule has 45 heavy (non-hydrogen) atoms. The third-order valence-electron chi connectivity index (χ3n) is 10.5. The first-order valence-corrected chi connectivity index (χ1v) is 16.7. The van der Waals surface area contributed by atoms with Gasteiger partial charge in [-0.2, -0.15) is 0 Å². The van der Waals surface area contributed by atoms with Crippen LogP contribution in [-0.4, -0.2) is 50.8 Å². The van der Waals surface area contributed by atoms with Gasteiger partial charge in [0.15, 0.2) is 17.2 Å². The highest BCUT2D eigenvalue weighted by Crippen LogP contribution is 2.70. The van der Waals surface area contributed by atoms with Crippen LogP contribution in [0.4, 0.5) is 8.78 Å². The Morgan fingerprint density at radius 2 is 1.89 bits per heavy atom. The Labute approximate surface area is 267 Å². The number of carbonyl (C=O) groups excluding carboxylic acids is 2. The van der Waals surface area contributed by atoms with Gasteiger partial charge in [-0.05, 0) is 104 Å². The summed E-state index contributed by atoms with van der Waals surface area (Å²) in [7, 11) is 0. The Balaban J connectivity index is 0.000000397. The summed E-state index contributed by atoms with van der Waals surface area (Å²) in [5, 5.41) is 19.5. The quantitative estimate of drug-likeness (QED) is 0.343. The standard InChI is InChI=1S/C28H34F2O4S.C5H4O3.C2H6/c1-16-11-18-19-13-22(29)20-12-17(31)8-9-27(20,3)28(19,30)24(32)14-26(18,2)21(16)15-35-25(33)23-7-5-4-6-10-34-23;6-5(7)4-2-1-3-8-4;1-2/h6-10,12,16,18-19,21-22,24,32H,4-5,11,13-15H2,1-3H3;1-3H,(H,6,7);1-2H3/t16-,18?,19?,21?,22+,24?,26?,27?,28+;;/m1../s1. The number of aliphatic hydroxyl groups is 1. The lowest BCUT2D eigenvalue weighted by Crippen LogP contribution is -2.68. The number of aliphatic hydroxyl groups excluding tert-OH is 1. The summed E-state index contributed by atoms with van der Waals surface area (Å²) >= 11 is 1.22. The molecule has 0 bridgehead atoms. The van der Waals surface area contributed by atoms with E-state index in [2.05, 4.69) is 18.3 Å². The van der Waals surface area contributed by atoms with Crippen LogP contribution in [0.5, 0.6) is 0 Å². The van der Waals surface area contributed by atoms with Crippen LogP contribution in [0.1, 0.15) is 77.3 Å². The van der Waals surface area contributed by atoms with E-state index >= 15 is 8.78 Å². The number of fused-ring (bicyclic) bond motifs is 5. The van der Waals surface area contributed by atoms with Crippen LogP contribution in [0.15, 0.2) is 70.8 Å². The minimum atomic E-state index is -2.05. The van der Waals surface area contributed by atoms with Crippen molar-refractivity contribution in [2.24, 2.45) is 34.5 Å².